The van der Waals surface area contributed by atoms with Crippen LogP contribution in [-0.4, -0.2) is 28.4 Å². The number of nitrogens with one attached hydrogen (secondary N) is 1. The Kier molecular flexibility index (Phi) is 5.48. The molecule has 156 valence electrons. The summed E-state index contributed by atoms with van der Waals surface area (Å²) in [6, 6.07) is 15.4. The van der Waals surface area contributed by atoms with Crippen molar-refractivity contribution in [1.82, 2.24) is 9.71 Å². The lowest BCUT2D eigenvalue weighted by Gasteiger charge is -2.14. The number of hydrogen-bond donors (Lipinski definition) is 1. The lowest BCUT2D eigenvalue weighted by atomic mass is 10.0. The van der Waals surface area contributed by atoms with E-state index in [1.807, 2.05) is 24.3 Å². The molecule has 0 saturated carbocycles. The predicted octanol–water partition coefficient (Wildman–Crippen LogP) is 2.84. The van der Waals surface area contributed by atoms with E-state index in [1.54, 1.807) is 37.4 Å². The number of benzene rings is 2. The van der Waals surface area contributed by atoms with Crippen molar-refractivity contribution in [2.24, 2.45) is 0 Å². The van der Waals surface area contributed by atoms with Gasteiger partial charge < -0.3 is 0 Å². The monoisotopic (exact) mass is 442 g/mol. The van der Waals surface area contributed by atoms with E-state index in [9.17, 15) is 16.8 Å². The molecule has 3 aromatic rings. The Morgan fingerprint density at radius 1 is 0.967 bits per heavy atom. The van der Waals surface area contributed by atoms with Crippen molar-refractivity contribution in [1.29, 1.82) is 0 Å². The highest BCUT2D eigenvalue weighted by Crippen LogP contribution is 2.34. The molecule has 0 amide bonds. The largest absolute Gasteiger partial charge is 0.261 e. The number of aryl methyl sites for hydroxylation is 3. The summed E-state index contributed by atoms with van der Waals surface area (Å²) in [7, 11) is -7.68. The molecule has 0 radical (unpaired) electrons. The smallest absolute Gasteiger partial charge is 0.240 e. The van der Waals surface area contributed by atoms with Gasteiger partial charge in [-0.1, -0.05) is 30.3 Å². The number of nitrogens with zero attached hydrogens (tertiary/aromatic N) is 1. The van der Waals surface area contributed by atoms with Crippen LogP contribution >= 0.6 is 0 Å². The first-order valence-corrected chi connectivity index (χ1v) is 12.6. The van der Waals surface area contributed by atoms with Gasteiger partial charge >= 0.3 is 0 Å². The van der Waals surface area contributed by atoms with Gasteiger partial charge in [0.1, 0.15) is 0 Å². The van der Waals surface area contributed by atoms with Crippen LogP contribution in [0.1, 0.15) is 22.4 Å². The van der Waals surface area contributed by atoms with Crippen molar-refractivity contribution in [3.05, 3.63) is 83.2 Å². The number of fused-ring (bicyclic) bond motifs is 2. The molecule has 0 bridgehead atoms. The molecule has 0 spiro atoms. The first-order chi connectivity index (χ1) is 14.3. The van der Waals surface area contributed by atoms with Gasteiger partial charge in [0.15, 0.2) is 0 Å². The quantitative estimate of drug-likeness (QED) is 0.656. The Labute approximate surface area is 177 Å². The molecule has 1 aliphatic rings. The van der Waals surface area contributed by atoms with Gasteiger partial charge in [0.25, 0.3) is 0 Å². The van der Waals surface area contributed by atoms with E-state index in [1.165, 1.54) is 6.07 Å². The minimum Gasteiger partial charge on any atom is -0.261 e. The van der Waals surface area contributed by atoms with Crippen molar-refractivity contribution >= 4 is 19.9 Å². The van der Waals surface area contributed by atoms with E-state index in [-0.39, 0.29) is 21.2 Å². The van der Waals surface area contributed by atoms with E-state index in [2.05, 4.69) is 9.71 Å². The minimum atomic E-state index is -3.88. The van der Waals surface area contributed by atoms with E-state index >= 15 is 0 Å². The summed E-state index contributed by atoms with van der Waals surface area (Å²) in [5, 5.41) is 0. The SMILES string of the molecule is Cc1cc2c(cc1S(=O)(=O)NCCc1ccccn1)S(=O)(=O)c1ccccc1CC2. The number of sulfone groups is 1. The summed E-state index contributed by atoms with van der Waals surface area (Å²) in [6.45, 7) is 1.86. The topological polar surface area (TPSA) is 93.2 Å². The predicted molar refractivity (Wildman–Crippen MR) is 114 cm³/mol. The summed E-state index contributed by atoms with van der Waals surface area (Å²) in [4.78, 5) is 4.50. The van der Waals surface area contributed by atoms with Crippen LogP contribution in [0, 0.1) is 6.92 Å². The van der Waals surface area contributed by atoms with Gasteiger partial charge in [-0.05, 0) is 60.7 Å². The first kappa shape index (κ1) is 20.7. The average molecular weight is 443 g/mol. The van der Waals surface area contributed by atoms with Crippen LogP contribution in [0.2, 0.25) is 0 Å². The molecule has 1 N–H and O–H groups in total. The van der Waals surface area contributed by atoms with Crippen LogP contribution < -0.4 is 4.72 Å². The van der Waals surface area contributed by atoms with Crippen molar-refractivity contribution in [3.8, 4) is 0 Å². The number of hydrogen-bond acceptors (Lipinski definition) is 5. The van der Waals surface area contributed by atoms with Crippen LogP contribution in [0.3, 0.4) is 0 Å². The van der Waals surface area contributed by atoms with E-state index in [0.717, 1.165) is 11.3 Å². The molecule has 0 aliphatic carbocycles. The molecular weight excluding hydrogens is 420 g/mol. The molecule has 6 nitrogen and oxygen atoms in total. The van der Waals surface area contributed by atoms with Gasteiger partial charge in [0, 0.05) is 24.9 Å². The Morgan fingerprint density at radius 3 is 2.47 bits per heavy atom. The molecule has 0 saturated heterocycles. The summed E-state index contributed by atoms with van der Waals surface area (Å²) in [5.41, 5.74) is 2.71. The average Bonchev–Trinajstić information content (AvgIpc) is 2.82. The third-order valence-electron chi connectivity index (χ3n) is 5.26. The van der Waals surface area contributed by atoms with E-state index in [4.69, 9.17) is 0 Å². The lowest BCUT2D eigenvalue weighted by Crippen LogP contribution is -2.27. The summed E-state index contributed by atoms with van der Waals surface area (Å²) in [6.07, 6.45) is 3.23. The van der Waals surface area contributed by atoms with Crippen molar-refractivity contribution in [2.75, 3.05) is 6.54 Å². The van der Waals surface area contributed by atoms with Crippen LogP contribution in [-0.2, 0) is 39.1 Å². The molecule has 8 heteroatoms. The normalized spacial score (nSPS) is 15.1. The summed E-state index contributed by atoms with van der Waals surface area (Å²) < 4.78 is 55.0. The molecule has 2 aromatic carbocycles. The minimum absolute atomic E-state index is 0.00905. The summed E-state index contributed by atoms with van der Waals surface area (Å²) >= 11 is 0. The molecule has 1 aromatic heterocycles. The highest BCUT2D eigenvalue weighted by atomic mass is 32.2. The maximum Gasteiger partial charge on any atom is 0.240 e. The van der Waals surface area contributed by atoms with Gasteiger partial charge in [0.2, 0.25) is 19.9 Å². The fraction of sp³-hybridized carbons (Fsp3) is 0.227. The Hall–Kier alpha value is -2.55. The maximum atomic E-state index is 13.3. The third kappa shape index (κ3) is 3.90. The van der Waals surface area contributed by atoms with Crippen molar-refractivity contribution in [2.45, 2.75) is 40.9 Å². The zero-order valence-corrected chi connectivity index (χ0v) is 18.1. The fourth-order valence-electron chi connectivity index (χ4n) is 3.76. The van der Waals surface area contributed by atoms with Crippen LogP contribution in [0.4, 0.5) is 0 Å². The summed E-state index contributed by atoms with van der Waals surface area (Å²) in [5.74, 6) is 0. The zero-order chi connectivity index (χ0) is 21.4. The molecule has 1 aliphatic heterocycles. The highest BCUT2D eigenvalue weighted by molar-refractivity contribution is 7.92. The molecule has 4 rings (SSSR count). The van der Waals surface area contributed by atoms with Crippen LogP contribution in [0.15, 0.2) is 75.5 Å². The molecular formula is C22H22N2O4S2. The van der Waals surface area contributed by atoms with Gasteiger partial charge in [-0.15, -0.1) is 0 Å². The van der Waals surface area contributed by atoms with E-state index < -0.39 is 19.9 Å². The highest BCUT2D eigenvalue weighted by Gasteiger charge is 2.30. The zero-order valence-electron chi connectivity index (χ0n) is 16.5. The second-order valence-corrected chi connectivity index (χ2v) is 10.9. The lowest BCUT2D eigenvalue weighted by molar-refractivity contribution is 0.580. The van der Waals surface area contributed by atoms with Crippen LogP contribution in [0.25, 0.3) is 0 Å². The molecule has 2 heterocycles. The Bertz CT molecular complexity index is 1300. The maximum absolute atomic E-state index is 13.3. The van der Waals surface area contributed by atoms with Crippen molar-refractivity contribution in [3.63, 3.8) is 0 Å². The number of aromatic nitrogens is 1. The van der Waals surface area contributed by atoms with Gasteiger partial charge in [-0.25, -0.2) is 21.6 Å². The first-order valence-electron chi connectivity index (χ1n) is 9.65. The Morgan fingerprint density at radius 2 is 1.70 bits per heavy atom. The molecule has 0 atom stereocenters. The second kappa shape index (κ2) is 7.94. The second-order valence-electron chi connectivity index (χ2n) is 7.31. The third-order valence-corrected chi connectivity index (χ3v) is 8.80. The number of rotatable bonds is 5. The molecule has 0 unspecified atom stereocenters. The van der Waals surface area contributed by atoms with Crippen molar-refractivity contribution < 1.29 is 16.8 Å². The Balaban J connectivity index is 1.69. The standard InChI is InChI=1S/C22H22N2O4S2/c1-16-14-18-10-9-17-6-2-3-8-20(17)29(25,26)22(18)15-21(16)30(27,28)24-13-11-19-7-4-5-12-23-19/h2-8,12,14-15,24H,9-11,13H2,1H3. The number of pyridine rings is 1. The fourth-order valence-corrected chi connectivity index (χ4v) is 6.91. The van der Waals surface area contributed by atoms with Gasteiger partial charge in [-0.2, -0.15) is 0 Å². The van der Waals surface area contributed by atoms with Crippen LogP contribution in [0.5, 0.6) is 0 Å². The van der Waals surface area contributed by atoms with E-state index in [0.29, 0.717) is 30.4 Å². The number of sulfonamides is 1. The molecule has 30 heavy (non-hydrogen) atoms. The molecule has 0 fully saturated rings. The van der Waals surface area contributed by atoms with Gasteiger partial charge in [0.05, 0.1) is 14.7 Å². The van der Waals surface area contributed by atoms with Gasteiger partial charge in [-0.3, -0.25) is 4.98 Å².